The van der Waals surface area contributed by atoms with E-state index in [4.69, 9.17) is 0 Å². The Labute approximate surface area is 148 Å². The zero-order valence-corrected chi connectivity index (χ0v) is 14.7. The summed E-state index contributed by atoms with van der Waals surface area (Å²) in [7, 11) is 1.02. The molecule has 0 aliphatic heterocycles. The van der Waals surface area contributed by atoms with Gasteiger partial charge in [-0.25, -0.2) is 4.39 Å². The summed E-state index contributed by atoms with van der Waals surface area (Å²) in [6.45, 7) is 3.54. The van der Waals surface area contributed by atoms with E-state index in [-0.39, 0.29) is 16.5 Å². The van der Waals surface area contributed by atoms with E-state index in [9.17, 15) is 27.2 Å². The van der Waals surface area contributed by atoms with Crippen LogP contribution in [0.2, 0.25) is 0 Å². The van der Waals surface area contributed by atoms with Crippen LogP contribution in [0, 0.1) is 5.82 Å². The molecule has 0 bridgehead atoms. The highest BCUT2D eigenvalue weighted by Crippen LogP contribution is 2.30. The van der Waals surface area contributed by atoms with E-state index >= 15 is 0 Å². The molecular weight excluding hydrogens is 374 g/mol. The number of hydrogen-bond acceptors (Lipinski definition) is 4. The van der Waals surface area contributed by atoms with E-state index < -0.39 is 28.8 Å². The largest absolute Gasteiger partial charge is 0.433 e. The number of fused-ring (bicyclic) bond motifs is 1. The second-order valence-electron chi connectivity index (χ2n) is 6.00. The molecule has 3 rings (SSSR count). The monoisotopic (exact) mass is 387 g/mol. The van der Waals surface area contributed by atoms with Crippen molar-refractivity contribution < 1.29 is 17.6 Å². The van der Waals surface area contributed by atoms with Gasteiger partial charge in [0.15, 0.2) is 0 Å². The maximum absolute atomic E-state index is 14.5. The Morgan fingerprint density at radius 3 is 2.38 bits per heavy atom. The molecule has 2 aromatic heterocycles. The van der Waals surface area contributed by atoms with Crippen LogP contribution in [0.5, 0.6) is 0 Å². The van der Waals surface area contributed by atoms with E-state index in [2.05, 4.69) is 5.10 Å². The van der Waals surface area contributed by atoms with Gasteiger partial charge < -0.3 is 0 Å². The number of hydrogen-bond donors (Lipinski definition) is 0. The van der Waals surface area contributed by atoms with Crippen LogP contribution in [0.25, 0.3) is 21.5 Å². The lowest BCUT2D eigenvalue weighted by atomic mass is 10.1. The highest BCUT2D eigenvalue weighted by molar-refractivity contribution is 7.16. The molecule has 26 heavy (non-hydrogen) atoms. The zero-order valence-electron chi connectivity index (χ0n) is 13.9. The van der Waals surface area contributed by atoms with Gasteiger partial charge in [0.2, 0.25) is 5.43 Å². The van der Waals surface area contributed by atoms with Crippen molar-refractivity contribution in [1.29, 1.82) is 0 Å². The quantitative estimate of drug-likeness (QED) is 0.632. The van der Waals surface area contributed by atoms with Gasteiger partial charge in [-0.1, -0.05) is 11.3 Å². The SMILES string of the molecule is CC(C)n1c(=O)sc2cc(F)c(-c3nn(C)c(C(F)(F)F)cc3=O)cc21. The van der Waals surface area contributed by atoms with Crippen molar-refractivity contribution >= 4 is 21.6 Å². The van der Waals surface area contributed by atoms with E-state index in [0.717, 1.165) is 24.5 Å². The number of thiazole rings is 1. The van der Waals surface area contributed by atoms with Gasteiger partial charge >= 0.3 is 11.0 Å². The van der Waals surface area contributed by atoms with Gasteiger partial charge in [-0.15, -0.1) is 0 Å². The summed E-state index contributed by atoms with van der Waals surface area (Å²) < 4.78 is 55.4. The normalized spacial score (nSPS) is 12.3. The lowest BCUT2D eigenvalue weighted by Gasteiger charge is -2.13. The third-order valence-corrected chi connectivity index (χ3v) is 4.78. The minimum atomic E-state index is -4.76. The van der Waals surface area contributed by atoms with Gasteiger partial charge in [-0.05, 0) is 26.0 Å². The van der Waals surface area contributed by atoms with Gasteiger partial charge in [-0.3, -0.25) is 18.8 Å². The summed E-state index contributed by atoms with van der Waals surface area (Å²) in [5, 5.41) is 3.62. The van der Waals surface area contributed by atoms with Crippen molar-refractivity contribution in [2.45, 2.75) is 26.1 Å². The molecule has 0 atom stereocenters. The summed E-state index contributed by atoms with van der Waals surface area (Å²) in [5.74, 6) is -0.834. The third kappa shape index (κ3) is 2.94. The predicted molar refractivity (Wildman–Crippen MR) is 89.9 cm³/mol. The first-order chi connectivity index (χ1) is 12.0. The predicted octanol–water partition coefficient (Wildman–Crippen LogP) is 3.56. The molecule has 5 nitrogen and oxygen atoms in total. The average Bonchev–Trinajstić information content (AvgIpc) is 2.82. The lowest BCUT2D eigenvalue weighted by Crippen LogP contribution is -2.23. The van der Waals surface area contributed by atoms with Gasteiger partial charge in [-0.2, -0.15) is 18.3 Å². The molecule has 0 fully saturated rings. The fraction of sp³-hybridized carbons (Fsp3) is 0.312. The molecule has 0 saturated heterocycles. The molecule has 1 aromatic carbocycles. The molecule has 0 N–H and O–H groups in total. The smallest absolute Gasteiger partial charge is 0.296 e. The molecule has 0 saturated carbocycles. The number of alkyl halides is 3. The van der Waals surface area contributed by atoms with Crippen LogP contribution in [0.3, 0.4) is 0 Å². The molecule has 10 heteroatoms. The molecular formula is C16H13F4N3O2S. The first-order valence-electron chi connectivity index (χ1n) is 7.51. The van der Waals surface area contributed by atoms with Crippen molar-refractivity contribution in [3.8, 4) is 11.3 Å². The lowest BCUT2D eigenvalue weighted by molar-refractivity contribution is -0.144. The Kier molecular flexibility index (Phi) is 4.26. The molecule has 0 amide bonds. The molecule has 0 unspecified atom stereocenters. The van der Waals surface area contributed by atoms with Crippen LogP contribution in [0.1, 0.15) is 25.6 Å². The molecule has 0 aliphatic carbocycles. The molecule has 0 aliphatic rings. The summed E-state index contributed by atoms with van der Waals surface area (Å²) in [4.78, 5) is 23.9. The molecule has 0 radical (unpaired) electrons. The number of nitrogens with zero attached hydrogens (tertiary/aromatic N) is 3. The average molecular weight is 387 g/mol. The van der Waals surface area contributed by atoms with E-state index in [0.29, 0.717) is 21.0 Å². The Balaban J connectivity index is 2.31. The van der Waals surface area contributed by atoms with Crippen molar-refractivity contribution in [2.24, 2.45) is 7.05 Å². The van der Waals surface area contributed by atoms with Gasteiger partial charge in [0.1, 0.15) is 17.2 Å². The van der Waals surface area contributed by atoms with Crippen molar-refractivity contribution in [3.05, 3.63) is 49.6 Å². The van der Waals surface area contributed by atoms with Crippen LogP contribution in [0.15, 0.2) is 27.8 Å². The van der Waals surface area contributed by atoms with Crippen LogP contribution in [-0.2, 0) is 13.2 Å². The summed E-state index contributed by atoms with van der Waals surface area (Å²) in [5.41, 5.74) is -2.59. The number of rotatable bonds is 2. The minimum absolute atomic E-state index is 0.210. The second kappa shape index (κ2) is 6.04. The second-order valence-corrected chi connectivity index (χ2v) is 6.99. The van der Waals surface area contributed by atoms with Crippen molar-refractivity contribution in [1.82, 2.24) is 14.3 Å². The van der Waals surface area contributed by atoms with E-state index in [1.807, 2.05) is 0 Å². The van der Waals surface area contributed by atoms with Crippen molar-refractivity contribution in [3.63, 3.8) is 0 Å². The van der Waals surface area contributed by atoms with Gasteiger partial charge in [0, 0.05) is 24.7 Å². The molecule has 138 valence electrons. The number of aryl methyl sites for hydroxylation is 1. The number of benzene rings is 1. The summed E-state index contributed by atoms with van der Waals surface area (Å²) >= 11 is 0.853. The number of aromatic nitrogens is 3. The zero-order chi connectivity index (χ0) is 19.4. The van der Waals surface area contributed by atoms with E-state index in [1.54, 1.807) is 13.8 Å². The Morgan fingerprint density at radius 2 is 1.81 bits per heavy atom. The Morgan fingerprint density at radius 1 is 1.15 bits per heavy atom. The Bertz CT molecular complexity index is 1130. The topological polar surface area (TPSA) is 56.9 Å². The first-order valence-corrected chi connectivity index (χ1v) is 8.33. The minimum Gasteiger partial charge on any atom is -0.296 e. The van der Waals surface area contributed by atoms with Crippen molar-refractivity contribution in [2.75, 3.05) is 0 Å². The highest BCUT2D eigenvalue weighted by Gasteiger charge is 2.34. The van der Waals surface area contributed by atoms with Gasteiger partial charge in [0.05, 0.1) is 10.2 Å². The van der Waals surface area contributed by atoms with E-state index in [1.165, 1.54) is 10.6 Å². The maximum Gasteiger partial charge on any atom is 0.433 e. The standard InChI is InChI=1S/C16H13F4N3O2S/c1-7(2)23-10-4-8(9(17)5-12(10)26-15(23)25)14-11(24)6-13(16(18,19)20)22(3)21-14/h4-7H,1-3H3. The summed E-state index contributed by atoms with van der Waals surface area (Å²) in [6, 6.07) is 2.54. The van der Waals surface area contributed by atoms with Gasteiger partial charge in [0.25, 0.3) is 0 Å². The fourth-order valence-electron chi connectivity index (χ4n) is 2.72. The fourth-order valence-corrected chi connectivity index (χ4v) is 3.74. The first kappa shape index (κ1) is 18.3. The summed E-state index contributed by atoms with van der Waals surface area (Å²) in [6.07, 6.45) is -4.76. The molecule has 3 aromatic rings. The molecule has 2 heterocycles. The maximum atomic E-state index is 14.5. The van der Waals surface area contributed by atoms with Crippen LogP contribution < -0.4 is 10.3 Å². The number of halogens is 4. The highest BCUT2D eigenvalue weighted by atomic mass is 32.1. The van der Waals surface area contributed by atoms with Crippen LogP contribution in [-0.4, -0.2) is 14.3 Å². The molecule has 0 spiro atoms. The van der Waals surface area contributed by atoms with Crippen LogP contribution in [0.4, 0.5) is 17.6 Å². The Hall–Kier alpha value is -2.49. The van der Waals surface area contributed by atoms with Crippen LogP contribution >= 0.6 is 11.3 Å². The third-order valence-electron chi connectivity index (χ3n) is 3.86.